The van der Waals surface area contributed by atoms with Crippen LogP contribution in [-0.2, 0) is 14.3 Å². The molecule has 7 heteroatoms. The molecule has 2 N–H and O–H groups in total. The number of amides is 1. The molecule has 1 aromatic carbocycles. The molecule has 1 aliphatic carbocycles. The van der Waals surface area contributed by atoms with Crippen molar-refractivity contribution in [3.63, 3.8) is 0 Å². The van der Waals surface area contributed by atoms with Crippen molar-refractivity contribution in [3.8, 4) is 0 Å². The number of rotatable bonds is 4. The number of hydrogen-bond acceptors (Lipinski definition) is 4. The Morgan fingerprint density at radius 3 is 2.48 bits per heavy atom. The van der Waals surface area contributed by atoms with Crippen LogP contribution >= 0.6 is 15.9 Å². The van der Waals surface area contributed by atoms with Crippen LogP contribution in [0.2, 0.25) is 0 Å². The third kappa shape index (κ3) is 3.98. The van der Waals surface area contributed by atoms with Gasteiger partial charge in [0.05, 0.1) is 30.2 Å². The molecule has 122 valence electrons. The maximum atomic E-state index is 12.5. The summed E-state index contributed by atoms with van der Waals surface area (Å²) in [5.74, 6) is -3.45. The number of carbonyl (C=O) groups excluding carboxylic acids is 2. The van der Waals surface area contributed by atoms with Crippen LogP contribution < -0.4 is 5.32 Å². The zero-order valence-electron chi connectivity index (χ0n) is 12.4. The number of carboxylic acid groups (broad SMARTS) is 1. The van der Waals surface area contributed by atoms with E-state index >= 15 is 0 Å². The van der Waals surface area contributed by atoms with Gasteiger partial charge in [0.1, 0.15) is 0 Å². The lowest BCUT2D eigenvalue weighted by atomic mass is 9.82. The minimum atomic E-state index is -1.00. The minimum absolute atomic E-state index is 0.202. The Morgan fingerprint density at radius 1 is 1.22 bits per heavy atom. The van der Waals surface area contributed by atoms with E-state index in [0.29, 0.717) is 23.0 Å². The maximum Gasteiger partial charge on any atom is 0.340 e. The molecule has 2 atom stereocenters. The zero-order chi connectivity index (χ0) is 17.0. The highest BCUT2D eigenvalue weighted by molar-refractivity contribution is 9.10. The van der Waals surface area contributed by atoms with E-state index < -0.39 is 29.7 Å². The number of anilines is 1. The second-order valence-corrected chi connectivity index (χ2v) is 6.08. The number of carboxylic acids is 1. The van der Waals surface area contributed by atoms with E-state index in [2.05, 4.69) is 21.2 Å². The number of methoxy groups -OCH3 is 1. The molecule has 1 aromatic rings. The van der Waals surface area contributed by atoms with Crippen molar-refractivity contribution in [3.05, 3.63) is 40.4 Å². The molecule has 23 heavy (non-hydrogen) atoms. The van der Waals surface area contributed by atoms with Crippen molar-refractivity contribution in [1.29, 1.82) is 0 Å². The summed E-state index contributed by atoms with van der Waals surface area (Å²) in [4.78, 5) is 35.6. The van der Waals surface area contributed by atoms with Gasteiger partial charge in [-0.25, -0.2) is 4.79 Å². The maximum absolute atomic E-state index is 12.5. The summed E-state index contributed by atoms with van der Waals surface area (Å²) in [7, 11) is 1.25. The fourth-order valence-electron chi connectivity index (χ4n) is 2.51. The van der Waals surface area contributed by atoms with E-state index in [1.54, 1.807) is 24.3 Å². The summed E-state index contributed by atoms with van der Waals surface area (Å²) in [6.07, 6.45) is 4.24. The van der Waals surface area contributed by atoms with Crippen molar-refractivity contribution in [2.75, 3.05) is 12.4 Å². The quantitative estimate of drug-likeness (QED) is 0.617. The molecule has 0 saturated heterocycles. The van der Waals surface area contributed by atoms with Crippen molar-refractivity contribution in [1.82, 2.24) is 0 Å². The number of benzene rings is 1. The molecule has 0 heterocycles. The molecule has 0 radical (unpaired) electrons. The minimum Gasteiger partial charge on any atom is -0.481 e. The molecule has 1 amide bonds. The second-order valence-electron chi connectivity index (χ2n) is 5.16. The summed E-state index contributed by atoms with van der Waals surface area (Å²) < 4.78 is 5.37. The normalized spacial score (nSPS) is 19.9. The molecule has 0 fully saturated rings. The number of aliphatic carboxylic acids is 1. The Bertz CT molecular complexity index is 670. The molecule has 0 aromatic heterocycles. The summed E-state index contributed by atoms with van der Waals surface area (Å²) in [5, 5.41) is 11.9. The first-order valence-electron chi connectivity index (χ1n) is 7.00. The third-order valence-electron chi connectivity index (χ3n) is 3.73. The lowest BCUT2D eigenvalue weighted by molar-refractivity contribution is -0.146. The largest absolute Gasteiger partial charge is 0.481 e. The van der Waals surface area contributed by atoms with Crippen LogP contribution in [0.4, 0.5) is 5.69 Å². The van der Waals surface area contributed by atoms with Gasteiger partial charge in [-0.05, 0) is 31.0 Å². The average molecular weight is 382 g/mol. The smallest absolute Gasteiger partial charge is 0.340 e. The van der Waals surface area contributed by atoms with Gasteiger partial charge >= 0.3 is 11.9 Å². The predicted molar refractivity (Wildman–Crippen MR) is 87.1 cm³/mol. The first-order chi connectivity index (χ1) is 10.9. The summed E-state index contributed by atoms with van der Waals surface area (Å²) in [6, 6.07) is 4.79. The first kappa shape index (κ1) is 17.2. The molecule has 0 aliphatic heterocycles. The van der Waals surface area contributed by atoms with Gasteiger partial charge in [-0.15, -0.1) is 0 Å². The Hall–Kier alpha value is -2.15. The molecule has 1 aliphatic rings. The number of allylic oxidation sites excluding steroid dienone is 2. The first-order valence-corrected chi connectivity index (χ1v) is 7.80. The van der Waals surface area contributed by atoms with E-state index in [9.17, 15) is 19.5 Å². The number of carbonyl (C=O) groups is 3. The van der Waals surface area contributed by atoms with Crippen molar-refractivity contribution in [2.24, 2.45) is 11.8 Å². The predicted octanol–water partition coefficient (Wildman–Crippen LogP) is 2.84. The van der Waals surface area contributed by atoms with Gasteiger partial charge in [0.25, 0.3) is 0 Å². The van der Waals surface area contributed by atoms with Gasteiger partial charge in [0.15, 0.2) is 0 Å². The molecule has 0 bridgehead atoms. The van der Waals surface area contributed by atoms with Gasteiger partial charge in [0.2, 0.25) is 5.91 Å². The summed E-state index contributed by atoms with van der Waals surface area (Å²) in [5.41, 5.74) is 0.497. The molecular weight excluding hydrogens is 366 g/mol. The van der Waals surface area contributed by atoms with Gasteiger partial charge in [0, 0.05) is 4.47 Å². The standard InChI is InChI=1S/C16H16BrNO5/c1-23-16(22)12-8-9(17)6-7-13(12)18-14(19)10-4-2-3-5-11(10)15(20)21/h2-3,6-8,10-11H,4-5H2,1H3,(H,18,19)(H,20,21)/t10-,11-/m1/s1. The van der Waals surface area contributed by atoms with Crippen LogP contribution in [0.15, 0.2) is 34.8 Å². The van der Waals surface area contributed by atoms with E-state index in [-0.39, 0.29) is 5.56 Å². The number of hydrogen-bond donors (Lipinski definition) is 2. The van der Waals surface area contributed by atoms with Crippen LogP contribution in [-0.4, -0.2) is 30.1 Å². The lowest BCUT2D eigenvalue weighted by Crippen LogP contribution is -2.35. The molecule has 6 nitrogen and oxygen atoms in total. The van der Waals surface area contributed by atoms with Gasteiger partial charge in [-0.2, -0.15) is 0 Å². The van der Waals surface area contributed by atoms with E-state index in [1.807, 2.05) is 0 Å². The highest BCUT2D eigenvalue weighted by atomic mass is 79.9. The fourth-order valence-corrected chi connectivity index (χ4v) is 2.87. The van der Waals surface area contributed by atoms with Crippen LogP contribution in [0.1, 0.15) is 23.2 Å². The van der Waals surface area contributed by atoms with Crippen molar-refractivity contribution >= 4 is 39.5 Å². The Morgan fingerprint density at radius 2 is 1.87 bits per heavy atom. The van der Waals surface area contributed by atoms with Crippen molar-refractivity contribution < 1.29 is 24.2 Å². The summed E-state index contributed by atoms with van der Waals surface area (Å²) >= 11 is 3.26. The lowest BCUT2D eigenvalue weighted by Gasteiger charge is -2.24. The Balaban J connectivity index is 2.24. The highest BCUT2D eigenvalue weighted by Gasteiger charge is 2.34. The van der Waals surface area contributed by atoms with Crippen LogP contribution in [0.5, 0.6) is 0 Å². The number of ether oxygens (including phenoxy) is 1. The molecule has 0 saturated carbocycles. The number of halogens is 1. The SMILES string of the molecule is COC(=O)c1cc(Br)ccc1NC(=O)[C@@H]1CC=CC[C@H]1C(=O)O. The molecular formula is C16H16BrNO5. The molecule has 0 spiro atoms. The molecule has 0 unspecified atom stereocenters. The van der Waals surface area contributed by atoms with E-state index in [1.165, 1.54) is 13.2 Å². The second kappa shape index (κ2) is 7.41. The average Bonchev–Trinajstić information content (AvgIpc) is 2.55. The Labute approximate surface area is 141 Å². The van der Waals surface area contributed by atoms with E-state index in [0.717, 1.165) is 0 Å². The van der Waals surface area contributed by atoms with Crippen LogP contribution in [0.3, 0.4) is 0 Å². The van der Waals surface area contributed by atoms with E-state index in [4.69, 9.17) is 4.74 Å². The topological polar surface area (TPSA) is 92.7 Å². The number of nitrogens with one attached hydrogen (secondary N) is 1. The van der Waals surface area contributed by atoms with Gasteiger partial charge in [-0.3, -0.25) is 9.59 Å². The summed E-state index contributed by atoms with van der Waals surface area (Å²) in [6.45, 7) is 0. The van der Waals surface area contributed by atoms with Gasteiger partial charge in [-0.1, -0.05) is 28.1 Å². The van der Waals surface area contributed by atoms with Gasteiger partial charge < -0.3 is 15.2 Å². The van der Waals surface area contributed by atoms with Crippen molar-refractivity contribution in [2.45, 2.75) is 12.8 Å². The fraction of sp³-hybridized carbons (Fsp3) is 0.312. The van der Waals surface area contributed by atoms with Crippen LogP contribution in [0, 0.1) is 11.8 Å². The number of esters is 1. The van der Waals surface area contributed by atoms with Crippen LogP contribution in [0.25, 0.3) is 0 Å². The molecule has 2 rings (SSSR count). The zero-order valence-corrected chi connectivity index (χ0v) is 14.0. The monoisotopic (exact) mass is 381 g/mol. The third-order valence-corrected chi connectivity index (χ3v) is 4.22. The highest BCUT2D eigenvalue weighted by Crippen LogP contribution is 2.28. The Kier molecular flexibility index (Phi) is 5.54.